The molecule has 0 atom stereocenters. The summed E-state index contributed by atoms with van der Waals surface area (Å²) in [6, 6.07) is 10.6. The summed E-state index contributed by atoms with van der Waals surface area (Å²) in [6.45, 7) is 18.3. The minimum atomic E-state index is -0.0249. The molecule has 5 nitrogen and oxygen atoms in total. The second-order valence-corrected chi connectivity index (χ2v) is 13.6. The molecule has 0 N–H and O–H groups in total. The summed E-state index contributed by atoms with van der Waals surface area (Å²) in [7, 11) is 0. The van der Waals surface area contributed by atoms with Crippen molar-refractivity contribution in [2.24, 2.45) is 0 Å². The molecule has 0 unspecified atom stereocenters. The fourth-order valence-corrected chi connectivity index (χ4v) is 8.16. The van der Waals surface area contributed by atoms with Crippen molar-refractivity contribution in [2.75, 3.05) is 39.4 Å². The fourth-order valence-electron chi connectivity index (χ4n) is 8.16. The maximum Gasteiger partial charge on any atom is 0.254 e. The highest BCUT2D eigenvalue weighted by Crippen LogP contribution is 2.47. The van der Waals surface area contributed by atoms with Gasteiger partial charge < -0.3 is 14.4 Å². The van der Waals surface area contributed by atoms with E-state index in [0.717, 1.165) is 71.3 Å². The number of fused-ring (bicyclic) bond motifs is 3. The predicted molar refractivity (Wildman–Crippen MR) is 168 cm³/mol. The molecule has 1 fully saturated rings. The van der Waals surface area contributed by atoms with E-state index in [-0.39, 0.29) is 11.3 Å². The molecule has 4 aliphatic rings. The minimum absolute atomic E-state index is 0.0249. The Kier molecular flexibility index (Phi) is 6.58. The van der Waals surface area contributed by atoms with Crippen LogP contribution in [0.5, 0.6) is 11.5 Å². The number of hydrogen-bond acceptors (Lipinski definition) is 3. The van der Waals surface area contributed by atoms with E-state index in [2.05, 4.69) is 64.3 Å². The van der Waals surface area contributed by atoms with Gasteiger partial charge in [-0.3, -0.25) is 4.79 Å². The van der Waals surface area contributed by atoms with Gasteiger partial charge in [0, 0.05) is 53.4 Å². The lowest BCUT2D eigenvalue weighted by Gasteiger charge is -2.34. The largest absolute Gasteiger partial charge is 0.455 e. The van der Waals surface area contributed by atoms with Crippen molar-refractivity contribution in [3.63, 3.8) is 0 Å². The molecular formula is C37H43N2O3+. The zero-order valence-corrected chi connectivity index (χ0v) is 26.1. The maximum atomic E-state index is 14.1. The summed E-state index contributed by atoms with van der Waals surface area (Å²) >= 11 is 0. The Bertz CT molecular complexity index is 1770. The Hall–Kier alpha value is -3.44. The van der Waals surface area contributed by atoms with Gasteiger partial charge in [-0.15, -0.1) is 0 Å². The topological polar surface area (TPSA) is 41.8 Å². The number of ether oxygens (including phenoxy) is 2. The smallest absolute Gasteiger partial charge is 0.254 e. The Morgan fingerprint density at radius 2 is 1.62 bits per heavy atom. The van der Waals surface area contributed by atoms with Gasteiger partial charge in [-0.2, -0.15) is 0 Å². The second kappa shape index (κ2) is 10.1. The second-order valence-electron chi connectivity index (χ2n) is 13.6. The van der Waals surface area contributed by atoms with Crippen molar-refractivity contribution in [1.82, 2.24) is 9.48 Å². The van der Waals surface area contributed by atoms with Crippen LogP contribution in [0.4, 0.5) is 0 Å². The molecule has 3 aromatic rings. The summed E-state index contributed by atoms with van der Waals surface area (Å²) in [5.74, 6) is 2.05. The van der Waals surface area contributed by atoms with Crippen LogP contribution < -0.4 is 19.9 Å². The van der Waals surface area contributed by atoms with Gasteiger partial charge in [0.1, 0.15) is 24.6 Å². The third-order valence-electron chi connectivity index (χ3n) is 9.93. The summed E-state index contributed by atoms with van der Waals surface area (Å²) in [4.78, 5) is 16.1. The van der Waals surface area contributed by atoms with E-state index in [4.69, 9.17) is 9.47 Å². The predicted octanol–water partition coefficient (Wildman–Crippen LogP) is 5.12. The third kappa shape index (κ3) is 4.15. The fraction of sp³-hybridized carbons (Fsp3) is 0.459. The summed E-state index contributed by atoms with van der Waals surface area (Å²) in [5.41, 5.74) is 11.9. The lowest BCUT2D eigenvalue weighted by Crippen LogP contribution is -2.45. The summed E-state index contributed by atoms with van der Waals surface area (Å²) in [5, 5.41) is 2.55. The molecule has 0 spiro atoms. The number of morpholine rings is 1. The van der Waals surface area contributed by atoms with Gasteiger partial charge in [0.25, 0.3) is 5.91 Å². The molecule has 4 aliphatic heterocycles. The zero-order chi connectivity index (χ0) is 29.3. The molecule has 5 heteroatoms. The quantitative estimate of drug-likeness (QED) is 0.318. The number of carbonyl (C=O) groups excluding carboxylic acids is 1. The Labute approximate surface area is 249 Å². The van der Waals surface area contributed by atoms with Crippen molar-refractivity contribution in [1.29, 1.82) is 0 Å². The highest BCUT2D eigenvalue weighted by atomic mass is 16.5. The average Bonchev–Trinajstić information content (AvgIpc) is 2.99. The SMILES string of the molecule is Cc1c(C)c(C(C)(C)C)c(C)c2c1C(c1ccccc1C(=O)N1CCOCC1)=c1cc3c4c(c1O2)CCC[N+]=4CCC3. The standard InChI is InChI=1S/C37H43N2O3/c1-22-23(2)32(37(4,5)6)24(3)34-30(22)31(26-12-7-8-13-27(26)36(40)39-17-19-41-20-18-39)29-21-25-11-9-15-38-16-10-14-28(33(25)38)35(29)42-34/h7-8,12-13,21H,9-11,14-20H2,1-6H3/q+1. The molecule has 218 valence electrons. The minimum Gasteiger partial charge on any atom is -0.455 e. The molecule has 0 aromatic heterocycles. The molecule has 4 heterocycles. The van der Waals surface area contributed by atoms with E-state index in [1.54, 1.807) is 0 Å². The molecule has 0 radical (unpaired) electrons. The highest BCUT2D eigenvalue weighted by molar-refractivity contribution is 6.02. The third-order valence-corrected chi connectivity index (χ3v) is 9.93. The molecule has 0 saturated carbocycles. The van der Waals surface area contributed by atoms with Crippen LogP contribution in [0.3, 0.4) is 0 Å². The van der Waals surface area contributed by atoms with E-state index < -0.39 is 0 Å². The van der Waals surface area contributed by atoms with Crippen LogP contribution in [0.2, 0.25) is 0 Å². The van der Waals surface area contributed by atoms with Gasteiger partial charge in [0.2, 0.25) is 5.36 Å². The van der Waals surface area contributed by atoms with Gasteiger partial charge in [0.05, 0.1) is 18.8 Å². The molecule has 0 aliphatic carbocycles. The first-order valence-electron chi connectivity index (χ1n) is 15.8. The van der Waals surface area contributed by atoms with Crippen molar-refractivity contribution in [2.45, 2.75) is 72.6 Å². The van der Waals surface area contributed by atoms with Crippen molar-refractivity contribution in [3.05, 3.63) is 91.0 Å². The van der Waals surface area contributed by atoms with Crippen LogP contribution in [0.1, 0.15) is 88.5 Å². The van der Waals surface area contributed by atoms with Crippen LogP contribution in [0.15, 0.2) is 30.3 Å². The van der Waals surface area contributed by atoms with E-state index >= 15 is 0 Å². The summed E-state index contributed by atoms with van der Waals surface area (Å²) in [6.07, 6.45) is 4.42. The van der Waals surface area contributed by atoms with Crippen molar-refractivity contribution < 1.29 is 14.3 Å². The molecular weight excluding hydrogens is 520 g/mol. The van der Waals surface area contributed by atoms with Crippen molar-refractivity contribution >= 4 is 11.5 Å². The number of nitrogens with zero attached hydrogens (tertiary/aromatic N) is 2. The van der Waals surface area contributed by atoms with E-state index in [9.17, 15) is 4.79 Å². The molecule has 1 amide bonds. The zero-order valence-electron chi connectivity index (χ0n) is 26.1. The molecule has 1 saturated heterocycles. The molecule has 0 bridgehead atoms. The number of hydrogen-bond donors (Lipinski definition) is 0. The highest BCUT2D eigenvalue weighted by Gasteiger charge is 2.36. The first-order valence-corrected chi connectivity index (χ1v) is 15.8. The monoisotopic (exact) mass is 563 g/mol. The summed E-state index contributed by atoms with van der Waals surface area (Å²) < 4.78 is 15.3. The van der Waals surface area contributed by atoms with Crippen molar-refractivity contribution in [3.8, 4) is 11.5 Å². The van der Waals surface area contributed by atoms with E-state index in [1.807, 2.05) is 17.0 Å². The molecule has 7 rings (SSSR count). The first kappa shape index (κ1) is 27.4. The van der Waals surface area contributed by atoms with Gasteiger partial charge >= 0.3 is 0 Å². The van der Waals surface area contributed by atoms with Crippen LogP contribution >= 0.6 is 0 Å². The van der Waals surface area contributed by atoms with Crippen LogP contribution in [0.25, 0.3) is 5.57 Å². The Morgan fingerprint density at radius 3 is 2.36 bits per heavy atom. The van der Waals surface area contributed by atoms with E-state index in [1.165, 1.54) is 45.2 Å². The first-order chi connectivity index (χ1) is 20.2. The van der Waals surface area contributed by atoms with Gasteiger partial charge in [0.15, 0.2) is 0 Å². The number of benzene rings is 3. The van der Waals surface area contributed by atoms with E-state index in [0.29, 0.717) is 26.3 Å². The lowest BCUT2D eigenvalue weighted by atomic mass is 9.75. The van der Waals surface area contributed by atoms with Crippen LogP contribution in [0, 0.1) is 20.8 Å². The van der Waals surface area contributed by atoms with Crippen LogP contribution in [-0.2, 0) is 23.0 Å². The molecule has 42 heavy (non-hydrogen) atoms. The Morgan fingerprint density at radius 1 is 0.905 bits per heavy atom. The molecule has 3 aromatic carbocycles. The van der Waals surface area contributed by atoms with Gasteiger partial charge in [-0.05, 0) is 79.0 Å². The number of aryl methyl sites for hydroxylation is 1. The van der Waals surface area contributed by atoms with Gasteiger partial charge in [-0.25, -0.2) is 4.58 Å². The number of amides is 1. The lowest BCUT2D eigenvalue weighted by molar-refractivity contribution is 0.0302. The number of rotatable bonds is 2. The van der Waals surface area contributed by atoms with Gasteiger partial charge in [-0.1, -0.05) is 39.0 Å². The Balaban J connectivity index is 1.61. The van der Waals surface area contributed by atoms with Crippen LogP contribution in [-0.4, -0.2) is 50.2 Å². The average molecular weight is 564 g/mol. The maximum absolute atomic E-state index is 14.1. The number of carbonyl (C=O) groups is 1. The normalized spacial score (nSPS) is 17.8.